The van der Waals surface area contributed by atoms with Gasteiger partial charge in [0.15, 0.2) is 0 Å². The Kier molecular flexibility index (Phi) is 9.52. The van der Waals surface area contributed by atoms with Gasteiger partial charge in [-0.3, -0.25) is 9.59 Å². The van der Waals surface area contributed by atoms with Crippen molar-refractivity contribution in [3.63, 3.8) is 0 Å². The molecule has 0 spiro atoms. The summed E-state index contributed by atoms with van der Waals surface area (Å²) in [6.07, 6.45) is 10.5. The van der Waals surface area contributed by atoms with Gasteiger partial charge in [0, 0.05) is 19.0 Å². The minimum absolute atomic E-state index is 0.188. The quantitative estimate of drug-likeness (QED) is 0.585. The van der Waals surface area contributed by atoms with E-state index in [4.69, 9.17) is 4.74 Å². The summed E-state index contributed by atoms with van der Waals surface area (Å²) in [5.74, 6) is -0.326. The first kappa shape index (κ1) is 22.4. The van der Waals surface area contributed by atoms with Crippen LogP contribution in [0.2, 0.25) is 0 Å². The molecule has 0 radical (unpaired) electrons. The normalized spacial score (nSPS) is 16.7. The lowest BCUT2D eigenvalue weighted by Crippen LogP contribution is -2.44. The van der Waals surface area contributed by atoms with Gasteiger partial charge < -0.3 is 9.64 Å². The van der Waals surface area contributed by atoms with E-state index in [0.717, 1.165) is 25.7 Å². The SMILES string of the molecule is COC(=O)C(C)CN(C(=O)CCCc1ccc(C)cc1)C1CCCCCCC1. The standard InChI is InChI=1S/C24H37NO3/c1-19-14-16-21(17-15-19)10-9-13-23(26)25(18-20(2)24(27)28-3)22-11-7-5-4-6-8-12-22/h14-17,20,22H,4-13,18H2,1-3H3. The van der Waals surface area contributed by atoms with Gasteiger partial charge in [-0.05, 0) is 38.2 Å². The molecule has 0 aliphatic heterocycles. The molecule has 0 aromatic heterocycles. The van der Waals surface area contributed by atoms with Gasteiger partial charge in [0.1, 0.15) is 0 Å². The van der Waals surface area contributed by atoms with Crippen LogP contribution in [-0.2, 0) is 20.7 Å². The Morgan fingerprint density at radius 1 is 1.07 bits per heavy atom. The van der Waals surface area contributed by atoms with E-state index in [1.54, 1.807) is 0 Å². The van der Waals surface area contributed by atoms with E-state index in [2.05, 4.69) is 31.2 Å². The molecule has 1 amide bonds. The number of carbonyl (C=O) groups is 2. The first-order valence-corrected chi connectivity index (χ1v) is 10.9. The second-order valence-electron chi connectivity index (χ2n) is 8.31. The van der Waals surface area contributed by atoms with Gasteiger partial charge in [-0.25, -0.2) is 0 Å². The number of hydrogen-bond acceptors (Lipinski definition) is 3. The predicted molar refractivity (Wildman–Crippen MR) is 113 cm³/mol. The summed E-state index contributed by atoms with van der Waals surface area (Å²) in [5, 5.41) is 0. The minimum atomic E-state index is -0.281. The van der Waals surface area contributed by atoms with E-state index in [1.807, 2.05) is 11.8 Å². The summed E-state index contributed by atoms with van der Waals surface area (Å²) in [5.41, 5.74) is 2.53. The average Bonchev–Trinajstić information content (AvgIpc) is 2.67. The van der Waals surface area contributed by atoms with E-state index in [9.17, 15) is 9.59 Å². The zero-order valence-electron chi connectivity index (χ0n) is 17.9. The lowest BCUT2D eigenvalue weighted by atomic mass is 9.94. The van der Waals surface area contributed by atoms with E-state index in [1.165, 1.54) is 50.3 Å². The number of hydrogen-bond donors (Lipinski definition) is 0. The maximum atomic E-state index is 13.1. The molecule has 1 atom stereocenters. The molecular weight excluding hydrogens is 350 g/mol. The van der Waals surface area contributed by atoms with E-state index in [-0.39, 0.29) is 23.8 Å². The number of benzene rings is 1. The summed E-state index contributed by atoms with van der Waals surface area (Å²) in [6.45, 7) is 4.42. The molecule has 1 aliphatic carbocycles. The van der Waals surface area contributed by atoms with Gasteiger partial charge in [0.25, 0.3) is 0 Å². The zero-order chi connectivity index (χ0) is 20.4. The number of esters is 1. The molecule has 1 saturated carbocycles. The number of carbonyl (C=O) groups excluding carboxylic acids is 2. The molecule has 0 saturated heterocycles. The molecule has 2 rings (SSSR count). The molecule has 1 fully saturated rings. The van der Waals surface area contributed by atoms with Crippen molar-refractivity contribution in [3.05, 3.63) is 35.4 Å². The van der Waals surface area contributed by atoms with Crippen LogP contribution < -0.4 is 0 Å². The molecule has 4 nitrogen and oxygen atoms in total. The number of nitrogens with zero attached hydrogens (tertiary/aromatic N) is 1. The van der Waals surface area contributed by atoms with Crippen LogP contribution in [0, 0.1) is 12.8 Å². The van der Waals surface area contributed by atoms with Crippen molar-refractivity contribution in [3.8, 4) is 0 Å². The molecule has 4 heteroatoms. The van der Waals surface area contributed by atoms with Crippen LogP contribution in [0.3, 0.4) is 0 Å². The number of amides is 1. The van der Waals surface area contributed by atoms with Gasteiger partial charge in [-0.2, -0.15) is 0 Å². The monoisotopic (exact) mass is 387 g/mol. The summed E-state index contributed by atoms with van der Waals surface area (Å²) >= 11 is 0. The molecule has 1 aromatic rings. The number of rotatable bonds is 8. The molecule has 0 bridgehead atoms. The largest absolute Gasteiger partial charge is 0.469 e. The molecule has 156 valence electrons. The molecule has 0 N–H and O–H groups in total. The van der Waals surface area contributed by atoms with Crippen molar-refractivity contribution in [1.82, 2.24) is 4.90 Å². The van der Waals surface area contributed by atoms with Crippen molar-refractivity contribution in [2.75, 3.05) is 13.7 Å². The van der Waals surface area contributed by atoms with Crippen LogP contribution >= 0.6 is 0 Å². The second-order valence-corrected chi connectivity index (χ2v) is 8.31. The van der Waals surface area contributed by atoms with Crippen LogP contribution in [-0.4, -0.2) is 36.5 Å². The molecule has 1 aliphatic rings. The van der Waals surface area contributed by atoms with E-state index < -0.39 is 0 Å². The Bertz CT molecular complexity index is 603. The number of methoxy groups -OCH3 is 1. The van der Waals surface area contributed by atoms with Gasteiger partial charge in [0.05, 0.1) is 13.0 Å². The highest BCUT2D eigenvalue weighted by Crippen LogP contribution is 2.24. The summed E-state index contributed by atoms with van der Waals surface area (Å²) in [4.78, 5) is 27.0. The molecule has 28 heavy (non-hydrogen) atoms. The molecular formula is C24H37NO3. The van der Waals surface area contributed by atoms with Crippen LogP contribution in [0.15, 0.2) is 24.3 Å². The topological polar surface area (TPSA) is 46.6 Å². The van der Waals surface area contributed by atoms with Crippen LogP contribution in [0.4, 0.5) is 0 Å². The van der Waals surface area contributed by atoms with E-state index >= 15 is 0 Å². The molecule has 0 heterocycles. The Labute approximate surface area is 170 Å². The first-order chi connectivity index (χ1) is 13.5. The summed E-state index contributed by atoms with van der Waals surface area (Å²) in [7, 11) is 1.42. The van der Waals surface area contributed by atoms with Gasteiger partial charge >= 0.3 is 5.97 Å². The Balaban J connectivity index is 1.97. The van der Waals surface area contributed by atoms with Crippen molar-refractivity contribution in [2.45, 2.75) is 84.1 Å². The summed E-state index contributed by atoms with van der Waals surface area (Å²) in [6, 6.07) is 8.79. The smallest absolute Gasteiger partial charge is 0.310 e. The predicted octanol–water partition coefficient (Wildman–Crippen LogP) is 5.07. The summed E-state index contributed by atoms with van der Waals surface area (Å²) < 4.78 is 4.90. The van der Waals surface area contributed by atoms with Crippen molar-refractivity contribution in [2.24, 2.45) is 5.92 Å². The lowest BCUT2D eigenvalue weighted by Gasteiger charge is -2.34. The average molecular weight is 388 g/mol. The molecule has 1 unspecified atom stereocenters. The maximum absolute atomic E-state index is 13.1. The fourth-order valence-electron chi connectivity index (χ4n) is 4.11. The number of aryl methyl sites for hydroxylation is 2. The van der Waals surface area contributed by atoms with Crippen molar-refractivity contribution >= 4 is 11.9 Å². The van der Waals surface area contributed by atoms with Gasteiger partial charge in [-0.1, -0.05) is 68.9 Å². The second kappa shape index (κ2) is 11.9. The van der Waals surface area contributed by atoms with Crippen LogP contribution in [0.1, 0.15) is 75.8 Å². The maximum Gasteiger partial charge on any atom is 0.310 e. The minimum Gasteiger partial charge on any atom is -0.469 e. The van der Waals surface area contributed by atoms with Crippen molar-refractivity contribution in [1.29, 1.82) is 0 Å². The van der Waals surface area contributed by atoms with Gasteiger partial charge in [-0.15, -0.1) is 0 Å². The fraction of sp³-hybridized carbons (Fsp3) is 0.667. The Hall–Kier alpha value is -1.84. The third-order valence-corrected chi connectivity index (χ3v) is 5.89. The lowest BCUT2D eigenvalue weighted by molar-refractivity contribution is -0.147. The fourth-order valence-corrected chi connectivity index (χ4v) is 4.11. The highest BCUT2D eigenvalue weighted by atomic mass is 16.5. The first-order valence-electron chi connectivity index (χ1n) is 10.9. The third-order valence-electron chi connectivity index (χ3n) is 5.89. The number of ether oxygens (including phenoxy) is 1. The van der Waals surface area contributed by atoms with Gasteiger partial charge in [0.2, 0.25) is 5.91 Å². The van der Waals surface area contributed by atoms with E-state index in [0.29, 0.717) is 13.0 Å². The third kappa shape index (κ3) is 7.29. The van der Waals surface area contributed by atoms with Crippen molar-refractivity contribution < 1.29 is 14.3 Å². The Morgan fingerprint density at radius 3 is 2.29 bits per heavy atom. The van der Waals surface area contributed by atoms with Crippen LogP contribution in [0.25, 0.3) is 0 Å². The highest BCUT2D eigenvalue weighted by molar-refractivity contribution is 5.78. The zero-order valence-corrected chi connectivity index (χ0v) is 17.9. The highest BCUT2D eigenvalue weighted by Gasteiger charge is 2.27. The molecule has 1 aromatic carbocycles. The Morgan fingerprint density at radius 2 is 1.68 bits per heavy atom. The van der Waals surface area contributed by atoms with Crippen LogP contribution in [0.5, 0.6) is 0 Å².